The molecule has 2 N–H and O–H groups in total. The summed E-state index contributed by atoms with van der Waals surface area (Å²) in [6.07, 6.45) is 1.51. The number of anilines is 1. The number of halogens is 1. The fraction of sp³-hybridized carbons (Fsp3) is 0.200. The second-order valence-corrected chi connectivity index (χ2v) is 8.60. The fourth-order valence-corrected chi connectivity index (χ4v) is 4.33. The molecule has 7 heteroatoms. The van der Waals surface area contributed by atoms with Gasteiger partial charge < -0.3 is 19.9 Å². The molecule has 1 saturated carbocycles. The number of rotatable bonds is 5. The molecular formula is C25H20ClNO5. The number of ether oxygens (including phenoxy) is 2. The number of aromatic carboxylic acids is 1. The first-order valence-corrected chi connectivity index (χ1v) is 10.6. The van der Waals surface area contributed by atoms with Gasteiger partial charge in [0, 0.05) is 10.7 Å². The highest BCUT2D eigenvalue weighted by Gasteiger charge is 2.51. The highest BCUT2D eigenvalue weighted by molar-refractivity contribution is 6.31. The molecule has 0 spiro atoms. The molecule has 1 aliphatic heterocycles. The van der Waals surface area contributed by atoms with Crippen LogP contribution in [0.5, 0.6) is 11.5 Å². The molecule has 3 aromatic carbocycles. The van der Waals surface area contributed by atoms with Crippen molar-refractivity contribution in [1.29, 1.82) is 0 Å². The lowest BCUT2D eigenvalue weighted by Gasteiger charge is -2.17. The predicted molar refractivity (Wildman–Crippen MR) is 121 cm³/mol. The second kappa shape index (κ2) is 7.57. The van der Waals surface area contributed by atoms with Crippen LogP contribution in [0.15, 0.2) is 54.6 Å². The minimum Gasteiger partial charge on any atom is -0.478 e. The van der Waals surface area contributed by atoms with E-state index in [1.165, 1.54) is 6.07 Å². The lowest BCUT2D eigenvalue weighted by atomic mass is 9.94. The largest absolute Gasteiger partial charge is 0.478 e. The Morgan fingerprint density at radius 3 is 2.53 bits per heavy atom. The first kappa shape index (κ1) is 20.4. The van der Waals surface area contributed by atoms with Crippen LogP contribution in [0.4, 0.5) is 5.69 Å². The van der Waals surface area contributed by atoms with Crippen molar-refractivity contribution in [3.8, 4) is 22.6 Å². The van der Waals surface area contributed by atoms with Gasteiger partial charge in [-0.25, -0.2) is 4.79 Å². The molecule has 3 aromatic rings. The number of amides is 1. The van der Waals surface area contributed by atoms with E-state index in [1.807, 2.05) is 43.3 Å². The van der Waals surface area contributed by atoms with E-state index in [-0.39, 0.29) is 18.3 Å². The highest BCUT2D eigenvalue weighted by Crippen LogP contribution is 2.51. The molecule has 1 heterocycles. The van der Waals surface area contributed by atoms with Crippen LogP contribution in [-0.4, -0.2) is 23.8 Å². The van der Waals surface area contributed by atoms with E-state index in [2.05, 4.69) is 5.32 Å². The molecule has 32 heavy (non-hydrogen) atoms. The van der Waals surface area contributed by atoms with Crippen molar-refractivity contribution in [3.63, 3.8) is 0 Å². The van der Waals surface area contributed by atoms with Crippen molar-refractivity contribution in [1.82, 2.24) is 0 Å². The smallest absolute Gasteiger partial charge is 0.335 e. The minimum absolute atomic E-state index is 0.0801. The van der Waals surface area contributed by atoms with E-state index in [9.17, 15) is 14.7 Å². The number of carbonyl (C=O) groups excluding carboxylic acids is 1. The van der Waals surface area contributed by atoms with Crippen LogP contribution in [0.3, 0.4) is 0 Å². The molecule has 1 amide bonds. The molecule has 1 aliphatic carbocycles. The Kier molecular flexibility index (Phi) is 4.82. The third kappa shape index (κ3) is 3.56. The molecule has 0 unspecified atom stereocenters. The van der Waals surface area contributed by atoms with Gasteiger partial charge in [0.2, 0.25) is 12.7 Å². The van der Waals surface area contributed by atoms with Crippen LogP contribution in [0.1, 0.15) is 34.3 Å². The van der Waals surface area contributed by atoms with Crippen LogP contribution in [0, 0.1) is 6.92 Å². The number of aryl methyl sites for hydroxylation is 1. The Morgan fingerprint density at radius 2 is 1.78 bits per heavy atom. The summed E-state index contributed by atoms with van der Waals surface area (Å²) in [6.45, 7) is 2.12. The standard InChI is InChI=1S/C25H20ClNO5/c1-14-2-4-19(12-20(14)15-8-16(23(28)29)10-18(26)9-15)27-24(30)25(6-7-25)17-3-5-21-22(11-17)32-13-31-21/h2-5,8-12H,6-7,13H2,1H3,(H,27,30)(H,28,29). The Hall–Kier alpha value is -3.51. The van der Waals surface area contributed by atoms with Gasteiger partial charge in [0.1, 0.15) is 0 Å². The van der Waals surface area contributed by atoms with Gasteiger partial charge in [0.15, 0.2) is 11.5 Å². The van der Waals surface area contributed by atoms with Crippen molar-refractivity contribution in [2.24, 2.45) is 0 Å². The van der Waals surface area contributed by atoms with Crippen LogP contribution in [0.25, 0.3) is 11.1 Å². The van der Waals surface area contributed by atoms with Crippen LogP contribution in [-0.2, 0) is 10.2 Å². The van der Waals surface area contributed by atoms with Gasteiger partial charge in [0.25, 0.3) is 0 Å². The lowest BCUT2D eigenvalue weighted by Crippen LogP contribution is -2.27. The topological polar surface area (TPSA) is 84.9 Å². The Morgan fingerprint density at radius 1 is 1.00 bits per heavy atom. The summed E-state index contributed by atoms with van der Waals surface area (Å²) in [5.41, 5.74) is 3.51. The molecule has 0 atom stereocenters. The highest BCUT2D eigenvalue weighted by atomic mass is 35.5. The average Bonchev–Trinajstić information content (AvgIpc) is 3.45. The Bertz CT molecular complexity index is 1270. The summed E-state index contributed by atoms with van der Waals surface area (Å²) in [6, 6.07) is 15.9. The summed E-state index contributed by atoms with van der Waals surface area (Å²) in [5.74, 6) is 0.225. The molecule has 0 saturated heterocycles. The molecule has 0 aromatic heterocycles. The van der Waals surface area contributed by atoms with E-state index in [1.54, 1.807) is 12.1 Å². The van der Waals surface area contributed by atoms with Crippen molar-refractivity contribution in [3.05, 3.63) is 76.3 Å². The number of hydrogen-bond acceptors (Lipinski definition) is 4. The zero-order chi connectivity index (χ0) is 22.5. The lowest BCUT2D eigenvalue weighted by molar-refractivity contribution is -0.118. The number of hydrogen-bond donors (Lipinski definition) is 2. The fourth-order valence-electron chi connectivity index (χ4n) is 4.10. The van der Waals surface area contributed by atoms with Gasteiger partial charge in [-0.3, -0.25) is 4.79 Å². The summed E-state index contributed by atoms with van der Waals surface area (Å²) in [5, 5.41) is 12.7. The first-order valence-electron chi connectivity index (χ1n) is 10.2. The quantitative estimate of drug-likeness (QED) is 0.543. The SMILES string of the molecule is Cc1ccc(NC(=O)C2(c3ccc4c(c3)OCO4)CC2)cc1-c1cc(Cl)cc(C(=O)O)c1. The van der Waals surface area contributed by atoms with E-state index in [4.69, 9.17) is 21.1 Å². The summed E-state index contributed by atoms with van der Waals surface area (Å²) in [4.78, 5) is 24.7. The third-order valence-corrected chi connectivity index (χ3v) is 6.28. The molecule has 162 valence electrons. The average molecular weight is 450 g/mol. The summed E-state index contributed by atoms with van der Waals surface area (Å²) in [7, 11) is 0. The van der Waals surface area contributed by atoms with Crippen LogP contribution >= 0.6 is 11.6 Å². The minimum atomic E-state index is -1.05. The van der Waals surface area contributed by atoms with Crippen molar-refractivity contribution in [2.75, 3.05) is 12.1 Å². The zero-order valence-corrected chi connectivity index (χ0v) is 18.0. The number of carboxylic acids is 1. The number of nitrogens with one attached hydrogen (secondary N) is 1. The normalized spacial score (nSPS) is 15.3. The van der Waals surface area contributed by atoms with Crippen LogP contribution < -0.4 is 14.8 Å². The maximum atomic E-state index is 13.2. The van der Waals surface area contributed by atoms with E-state index < -0.39 is 11.4 Å². The number of fused-ring (bicyclic) bond motifs is 1. The third-order valence-electron chi connectivity index (χ3n) is 6.06. The summed E-state index contributed by atoms with van der Waals surface area (Å²) < 4.78 is 10.8. The number of benzene rings is 3. The van der Waals surface area contributed by atoms with Gasteiger partial charge in [-0.05, 0) is 84.5 Å². The second-order valence-electron chi connectivity index (χ2n) is 8.17. The first-order chi connectivity index (χ1) is 15.4. The molecule has 5 rings (SSSR count). The van der Waals surface area contributed by atoms with E-state index >= 15 is 0 Å². The molecule has 6 nitrogen and oxygen atoms in total. The van der Waals surface area contributed by atoms with Gasteiger partial charge in [0.05, 0.1) is 11.0 Å². The van der Waals surface area contributed by atoms with Gasteiger partial charge in [-0.1, -0.05) is 23.7 Å². The Balaban J connectivity index is 1.43. The molecular weight excluding hydrogens is 430 g/mol. The maximum Gasteiger partial charge on any atom is 0.335 e. The molecule has 0 bridgehead atoms. The van der Waals surface area contributed by atoms with Crippen molar-refractivity contribution >= 4 is 29.2 Å². The van der Waals surface area contributed by atoms with Crippen LogP contribution in [0.2, 0.25) is 5.02 Å². The number of carbonyl (C=O) groups is 2. The van der Waals surface area contributed by atoms with Gasteiger partial charge >= 0.3 is 5.97 Å². The van der Waals surface area contributed by atoms with Gasteiger partial charge in [-0.2, -0.15) is 0 Å². The summed E-state index contributed by atoms with van der Waals surface area (Å²) >= 11 is 6.14. The predicted octanol–water partition coefficient (Wildman–Crippen LogP) is 5.41. The Labute approximate surface area is 189 Å². The van der Waals surface area contributed by atoms with E-state index in [0.29, 0.717) is 27.8 Å². The maximum absolute atomic E-state index is 13.2. The molecule has 0 radical (unpaired) electrons. The number of carboxylic acid groups (broad SMARTS) is 1. The van der Waals surface area contributed by atoms with Crippen molar-refractivity contribution in [2.45, 2.75) is 25.2 Å². The zero-order valence-electron chi connectivity index (χ0n) is 17.3. The van der Waals surface area contributed by atoms with Gasteiger partial charge in [-0.15, -0.1) is 0 Å². The molecule has 2 aliphatic rings. The molecule has 1 fully saturated rings. The van der Waals surface area contributed by atoms with Crippen molar-refractivity contribution < 1.29 is 24.2 Å². The monoisotopic (exact) mass is 449 g/mol. The van der Waals surface area contributed by atoms with E-state index in [0.717, 1.165) is 29.5 Å².